The van der Waals surface area contributed by atoms with E-state index in [9.17, 15) is 18.0 Å². The number of pyridine rings is 1. The Morgan fingerprint density at radius 1 is 1.04 bits per heavy atom. The number of alkyl halides is 3. The van der Waals surface area contributed by atoms with Crippen LogP contribution >= 0.6 is 0 Å². The molecule has 0 aliphatic heterocycles. The van der Waals surface area contributed by atoms with E-state index in [1.807, 2.05) is 24.3 Å². The van der Waals surface area contributed by atoms with Crippen LogP contribution in [0.3, 0.4) is 0 Å². The molecule has 1 aromatic heterocycles. The highest BCUT2D eigenvalue weighted by atomic mass is 19.4. The smallest absolute Gasteiger partial charge is 0.345 e. The number of para-hydroxylation sites is 1. The van der Waals surface area contributed by atoms with Crippen LogP contribution in [0.15, 0.2) is 60.8 Å². The zero-order valence-corrected chi connectivity index (χ0v) is 14.8. The summed E-state index contributed by atoms with van der Waals surface area (Å²) >= 11 is 0. The molecule has 0 spiro atoms. The van der Waals surface area contributed by atoms with Crippen molar-refractivity contribution in [3.8, 4) is 0 Å². The van der Waals surface area contributed by atoms with E-state index in [1.165, 1.54) is 17.0 Å². The van der Waals surface area contributed by atoms with Gasteiger partial charge in [-0.15, -0.1) is 0 Å². The van der Waals surface area contributed by atoms with Gasteiger partial charge in [-0.05, 0) is 41.5 Å². The van der Waals surface area contributed by atoms with Crippen molar-refractivity contribution in [1.82, 2.24) is 9.88 Å². The highest BCUT2D eigenvalue weighted by molar-refractivity contribution is 6.26. The molecule has 27 heavy (non-hydrogen) atoms. The largest absolute Gasteiger partial charge is 0.416 e. The van der Waals surface area contributed by atoms with E-state index in [2.05, 4.69) is 4.98 Å². The molecule has 1 amide bonds. The topological polar surface area (TPSA) is 33.2 Å². The van der Waals surface area contributed by atoms with Gasteiger partial charge in [0, 0.05) is 31.3 Å². The van der Waals surface area contributed by atoms with Gasteiger partial charge in [0.2, 0.25) is 0 Å². The molecule has 0 saturated carbocycles. The number of hydrogen-bond acceptors (Lipinski definition) is 2. The Morgan fingerprint density at radius 3 is 2.48 bits per heavy atom. The second kappa shape index (κ2) is 7.23. The van der Waals surface area contributed by atoms with Gasteiger partial charge in [0.15, 0.2) is 0 Å². The Bertz CT molecular complexity index is 1020. The van der Waals surface area contributed by atoms with Gasteiger partial charge < -0.3 is 4.90 Å². The Labute approximate surface area is 154 Å². The van der Waals surface area contributed by atoms with Crippen molar-refractivity contribution in [3.63, 3.8) is 0 Å². The van der Waals surface area contributed by atoms with Gasteiger partial charge in [-0.25, -0.2) is 0 Å². The minimum atomic E-state index is -4.45. The second-order valence-corrected chi connectivity index (χ2v) is 6.26. The third-order valence-electron chi connectivity index (χ3n) is 4.10. The van der Waals surface area contributed by atoms with Crippen LogP contribution in [0.2, 0.25) is 0 Å². The van der Waals surface area contributed by atoms with Gasteiger partial charge in [0.05, 0.1) is 11.1 Å². The first-order chi connectivity index (χ1) is 12.8. The highest BCUT2D eigenvalue weighted by Crippen LogP contribution is 2.31. The van der Waals surface area contributed by atoms with E-state index in [0.717, 1.165) is 17.5 Å². The highest BCUT2D eigenvalue weighted by Gasteiger charge is 2.30. The van der Waals surface area contributed by atoms with Gasteiger partial charge in [0.25, 0.3) is 5.91 Å². The lowest BCUT2D eigenvalue weighted by Crippen LogP contribution is -2.23. The predicted molar refractivity (Wildman–Crippen MR) is 99.8 cm³/mol. The number of carbonyl (C=O) groups excluding carboxylic acids is 1. The average Bonchev–Trinajstić information content (AvgIpc) is 2.64. The Kier molecular flexibility index (Phi) is 4.99. The summed E-state index contributed by atoms with van der Waals surface area (Å²) in [5, 5.41) is 0.758. The van der Waals surface area contributed by atoms with E-state index < -0.39 is 11.7 Å². The number of fused-ring (bicyclic) bond motifs is 1. The van der Waals surface area contributed by atoms with E-state index in [4.69, 9.17) is 0 Å². The van der Waals surface area contributed by atoms with E-state index in [1.54, 1.807) is 32.4 Å². The summed E-state index contributed by atoms with van der Waals surface area (Å²) in [5.74, 6) is -0.302. The minimum Gasteiger partial charge on any atom is -0.345 e. The summed E-state index contributed by atoms with van der Waals surface area (Å²) in [7, 11) is 3.21. The Morgan fingerprint density at radius 2 is 1.78 bits per heavy atom. The summed E-state index contributed by atoms with van der Waals surface area (Å²) in [4.78, 5) is 18.5. The molecule has 0 bridgehead atoms. The van der Waals surface area contributed by atoms with Crippen LogP contribution in [0.5, 0.6) is 0 Å². The monoisotopic (exact) mass is 370 g/mol. The second-order valence-electron chi connectivity index (χ2n) is 6.26. The van der Waals surface area contributed by atoms with Gasteiger partial charge in [-0.2, -0.15) is 13.2 Å². The molecule has 138 valence electrons. The first-order valence-corrected chi connectivity index (χ1v) is 8.22. The summed E-state index contributed by atoms with van der Waals surface area (Å²) < 4.78 is 39.1. The maximum absolute atomic E-state index is 13.0. The van der Waals surface area contributed by atoms with Crippen molar-refractivity contribution < 1.29 is 18.0 Å². The number of carbonyl (C=O) groups is 1. The molecule has 0 saturated heterocycles. The maximum Gasteiger partial charge on any atom is 0.416 e. The van der Waals surface area contributed by atoms with Crippen LogP contribution in [0.1, 0.15) is 16.7 Å². The summed E-state index contributed by atoms with van der Waals surface area (Å²) in [6.45, 7) is 0. The molecule has 0 atom stereocenters. The molecule has 1 heterocycles. The maximum atomic E-state index is 13.0. The molecule has 0 fully saturated rings. The number of rotatable bonds is 3. The van der Waals surface area contributed by atoms with Gasteiger partial charge >= 0.3 is 6.18 Å². The molecule has 0 aliphatic carbocycles. The first kappa shape index (κ1) is 18.6. The molecule has 6 heteroatoms. The number of halogens is 3. The molecule has 3 nitrogen and oxygen atoms in total. The number of amides is 1. The SMILES string of the molecule is CN(C)C(=O)C(=Cc1cccc(C(F)(F)F)c1)c1ccnc2ccccc12. The fourth-order valence-corrected chi connectivity index (χ4v) is 2.80. The first-order valence-electron chi connectivity index (χ1n) is 8.22. The molecule has 0 N–H and O–H groups in total. The normalized spacial score (nSPS) is 12.3. The number of hydrogen-bond donors (Lipinski definition) is 0. The fourth-order valence-electron chi connectivity index (χ4n) is 2.80. The van der Waals surface area contributed by atoms with Crippen molar-refractivity contribution in [1.29, 1.82) is 0 Å². The number of nitrogens with zero attached hydrogens (tertiary/aromatic N) is 2. The summed E-state index contributed by atoms with van der Waals surface area (Å²) in [5.41, 5.74) is 1.18. The molecular weight excluding hydrogens is 353 g/mol. The molecular formula is C21H17F3N2O. The summed E-state index contributed by atoms with van der Waals surface area (Å²) in [6.07, 6.45) is -1.38. The van der Waals surface area contributed by atoms with E-state index in [0.29, 0.717) is 22.2 Å². The number of likely N-dealkylation sites (N-methyl/N-ethyl adjacent to an activating group) is 1. The van der Waals surface area contributed by atoms with Crippen LogP contribution in [0.4, 0.5) is 13.2 Å². The number of benzene rings is 2. The van der Waals surface area contributed by atoms with Crippen LogP contribution in [0, 0.1) is 0 Å². The van der Waals surface area contributed by atoms with E-state index >= 15 is 0 Å². The lowest BCUT2D eigenvalue weighted by atomic mass is 9.97. The number of aromatic nitrogens is 1. The molecule has 0 unspecified atom stereocenters. The van der Waals surface area contributed by atoms with Crippen LogP contribution < -0.4 is 0 Å². The Hall–Kier alpha value is -3.15. The fraction of sp³-hybridized carbons (Fsp3) is 0.143. The lowest BCUT2D eigenvalue weighted by Gasteiger charge is -2.16. The molecule has 0 radical (unpaired) electrons. The zero-order chi connectivity index (χ0) is 19.6. The van der Waals surface area contributed by atoms with Crippen LogP contribution in [0.25, 0.3) is 22.6 Å². The van der Waals surface area contributed by atoms with Crippen molar-refractivity contribution in [2.45, 2.75) is 6.18 Å². The standard InChI is InChI=1S/C21H17F3N2O/c1-26(2)20(27)18(13-14-6-5-7-15(12-14)21(22,23)24)16-10-11-25-19-9-4-3-8-17(16)19/h3-13H,1-2H3. The van der Waals surface area contributed by atoms with Gasteiger partial charge in [-0.3, -0.25) is 9.78 Å². The minimum absolute atomic E-state index is 0.302. The van der Waals surface area contributed by atoms with Gasteiger partial charge in [0.1, 0.15) is 0 Å². The molecule has 3 aromatic rings. The van der Waals surface area contributed by atoms with Crippen LogP contribution in [-0.2, 0) is 11.0 Å². The average molecular weight is 370 g/mol. The quantitative estimate of drug-likeness (QED) is 0.616. The van der Waals surface area contributed by atoms with Crippen molar-refractivity contribution in [3.05, 3.63) is 77.5 Å². The Balaban J connectivity index is 2.21. The predicted octanol–water partition coefficient (Wildman–Crippen LogP) is 4.88. The third-order valence-corrected chi connectivity index (χ3v) is 4.10. The van der Waals surface area contributed by atoms with Crippen molar-refractivity contribution in [2.75, 3.05) is 14.1 Å². The molecule has 2 aromatic carbocycles. The van der Waals surface area contributed by atoms with E-state index in [-0.39, 0.29) is 5.91 Å². The zero-order valence-electron chi connectivity index (χ0n) is 14.8. The molecule has 0 aliphatic rings. The third kappa shape index (κ3) is 4.00. The summed E-state index contributed by atoms with van der Waals surface area (Å²) in [6, 6.07) is 13.9. The van der Waals surface area contributed by atoms with Crippen LogP contribution in [-0.4, -0.2) is 29.9 Å². The van der Waals surface area contributed by atoms with Crippen molar-refractivity contribution >= 4 is 28.5 Å². The molecule has 3 rings (SSSR count). The van der Waals surface area contributed by atoms with Crippen molar-refractivity contribution in [2.24, 2.45) is 0 Å². The van der Waals surface area contributed by atoms with Gasteiger partial charge in [-0.1, -0.05) is 30.3 Å². The lowest BCUT2D eigenvalue weighted by molar-refractivity contribution is -0.137.